The molecule has 0 aliphatic heterocycles. The molecule has 1 aromatic heterocycles. The van der Waals surface area contributed by atoms with Crippen LogP contribution < -0.4 is 0 Å². The molecule has 1 heterocycles. The van der Waals surface area contributed by atoms with Crippen LogP contribution in [0.2, 0.25) is 0 Å². The number of aliphatic carboxylic acids is 1. The van der Waals surface area contributed by atoms with Crippen molar-refractivity contribution in [3.8, 4) is 0 Å². The second-order valence-corrected chi connectivity index (χ2v) is 6.44. The summed E-state index contributed by atoms with van der Waals surface area (Å²) in [4.78, 5) is 11.4. The number of carboxylic acid groups (broad SMARTS) is 1. The van der Waals surface area contributed by atoms with Gasteiger partial charge in [-0.05, 0) is 35.2 Å². The number of rotatable bonds is 3. The molecule has 3 nitrogen and oxygen atoms in total. The molecule has 1 aliphatic carbocycles. The average Bonchev–Trinajstić information content (AvgIpc) is 2.90. The Bertz CT molecular complexity index is 619. The Morgan fingerprint density at radius 1 is 1.25 bits per heavy atom. The quantitative estimate of drug-likeness (QED) is 0.903. The molecule has 2 N–H and O–H groups in total. The van der Waals surface area contributed by atoms with Gasteiger partial charge in [-0.3, -0.25) is 4.79 Å². The lowest BCUT2D eigenvalue weighted by atomic mass is 9.74. The van der Waals surface area contributed by atoms with Gasteiger partial charge in [-0.15, -0.1) is 11.3 Å². The molecule has 1 saturated carbocycles. The number of carbonyl (C=O) groups is 1. The maximum absolute atomic E-state index is 11.4. The van der Waals surface area contributed by atoms with Gasteiger partial charge in [0.05, 0.1) is 12.0 Å². The van der Waals surface area contributed by atoms with E-state index in [4.69, 9.17) is 0 Å². The van der Waals surface area contributed by atoms with Crippen LogP contribution in [0.5, 0.6) is 0 Å². The Morgan fingerprint density at radius 2 is 2.00 bits per heavy atom. The van der Waals surface area contributed by atoms with E-state index in [0.29, 0.717) is 6.42 Å². The maximum Gasteiger partial charge on any atom is 0.306 e. The highest BCUT2D eigenvalue weighted by atomic mass is 32.1. The lowest BCUT2D eigenvalue weighted by Crippen LogP contribution is -2.31. The van der Waals surface area contributed by atoms with Gasteiger partial charge in [0.1, 0.15) is 0 Å². The predicted octanol–water partition coefficient (Wildman–Crippen LogP) is 3.83. The zero-order chi connectivity index (χ0) is 14.1. The molecule has 20 heavy (non-hydrogen) atoms. The number of thiophene rings is 1. The molecule has 3 unspecified atom stereocenters. The molecule has 3 atom stereocenters. The molecule has 4 heteroatoms. The van der Waals surface area contributed by atoms with Gasteiger partial charge >= 0.3 is 5.97 Å². The van der Waals surface area contributed by atoms with Crippen molar-refractivity contribution < 1.29 is 15.0 Å². The Balaban J connectivity index is 1.94. The first-order valence-corrected chi connectivity index (χ1v) is 7.93. The summed E-state index contributed by atoms with van der Waals surface area (Å²) in [5.74, 6) is -1.36. The van der Waals surface area contributed by atoms with Crippen molar-refractivity contribution >= 4 is 27.4 Å². The molecule has 0 radical (unpaired) electrons. The number of aliphatic hydroxyl groups is 1. The number of benzene rings is 1. The van der Waals surface area contributed by atoms with Crippen LogP contribution in [0.3, 0.4) is 0 Å². The summed E-state index contributed by atoms with van der Waals surface area (Å²) in [5.41, 5.74) is 0.892. The molecule has 1 aliphatic rings. The molecule has 1 aromatic carbocycles. The van der Waals surface area contributed by atoms with Crippen LogP contribution >= 0.6 is 11.3 Å². The summed E-state index contributed by atoms with van der Waals surface area (Å²) in [7, 11) is 0. The van der Waals surface area contributed by atoms with E-state index in [1.54, 1.807) is 11.3 Å². The zero-order valence-corrected chi connectivity index (χ0v) is 12.0. The van der Waals surface area contributed by atoms with Crippen LogP contribution in [0.4, 0.5) is 0 Å². The number of fused-ring (bicyclic) bond motifs is 1. The number of hydrogen-bond donors (Lipinski definition) is 2. The van der Waals surface area contributed by atoms with Gasteiger partial charge in [0.25, 0.3) is 0 Å². The molecular weight excluding hydrogens is 272 g/mol. The lowest BCUT2D eigenvalue weighted by molar-refractivity contribution is -0.147. The standard InChI is InChI=1S/C16H18O3S/c17-15(11-6-1-2-7-12(11)16(18)19)13-9-20-14-8-4-3-5-10(13)14/h3-5,8-9,11-12,15,17H,1-2,6-7H2,(H,18,19). The summed E-state index contributed by atoms with van der Waals surface area (Å²) >= 11 is 1.61. The summed E-state index contributed by atoms with van der Waals surface area (Å²) in [5, 5.41) is 23.1. The van der Waals surface area contributed by atoms with Crippen molar-refractivity contribution in [2.75, 3.05) is 0 Å². The number of aliphatic hydroxyl groups excluding tert-OH is 1. The highest BCUT2D eigenvalue weighted by molar-refractivity contribution is 7.17. The minimum absolute atomic E-state index is 0.167. The highest BCUT2D eigenvalue weighted by Gasteiger charge is 2.36. The van der Waals surface area contributed by atoms with Crippen molar-refractivity contribution in [1.82, 2.24) is 0 Å². The number of carboxylic acids is 1. The highest BCUT2D eigenvalue weighted by Crippen LogP contribution is 2.42. The summed E-state index contributed by atoms with van der Waals surface area (Å²) in [6.07, 6.45) is 2.76. The third-order valence-corrected chi connectivity index (χ3v) is 5.35. The summed E-state index contributed by atoms with van der Waals surface area (Å²) < 4.78 is 1.14. The molecule has 0 amide bonds. The second-order valence-electron chi connectivity index (χ2n) is 5.53. The average molecular weight is 290 g/mol. The molecule has 0 bridgehead atoms. The van der Waals surface area contributed by atoms with Crippen molar-refractivity contribution in [2.45, 2.75) is 31.8 Å². The number of hydrogen-bond acceptors (Lipinski definition) is 3. The van der Waals surface area contributed by atoms with Crippen LogP contribution in [-0.2, 0) is 4.79 Å². The normalized spacial score (nSPS) is 24.6. The van der Waals surface area contributed by atoms with E-state index >= 15 is 0 Å². The van der Waals surface area contributed by atoms with Crippen LogP contribution in [0, 0.1) is 11.8 Å². The Morgan fingerprint density at radius 3 is 2.80 bits per heavy atom. The molecule has 106 valence electrons. The third kappa shape index (κ3) is 2.34. The van der Waals surface area contributed by atoms with Crippen LogP contribution in [-0.4, -0.2) is 16.2 Å². The van der Waals surface area contributed by atoms with E-state index in [9.17, 15) is 15.0 Å². The van der Waals surface area contributed by atoms with Crippen LogP contribution in [0.1, 0.15) is 37.4 Å². The van der Waals surface area contributed by atoms with E-state index < -0.39 is 18.0 Å². The van der Waals surface area contributed by atoms with Crippen LogP contribution in [0.25, 0.3) is 10.1 Å². The molecule has 3 rings (SSSR count). The zero-order valence-electron chi connectivity index (χ0n) is 11.2. The van der Waals surface area contributed by atoms with Crippen molar-refractivity contribution in [2.24, 2.45) is 11.8 Å². The predicted molar refractivity (Wildman–Crippen MR) is 79.9 cm³/mol. The van der Waals surface area contributed by atoms with Crippen molar-refractivity contribution in [3.05, 3.63) is 35.2 Å². The fourth-order valence-corrected chi connectivity index (χ4v) is 4.29. The first-order valence-electron chi connectivity index (χ1n) is 7.05. The van der Waals surface area contributed by atoms with Gasteiger partial charge < -0.3 is 10.2 Å². The Kier molecular flexibility index (Phi) is 3.76. The minimum atomic E-state index is -0.770. The molecule has 0 spiro atoms. The van der Waals surface area contributed by atoms with Crippen molar-refractivity contribution in [1.29, 1.82) is 0 Å². The van der Waals surface area contributed by atoms with Crippen molar-refractivity contribution in [3.63, 3.8) is 0 Å². The van der Waals surface area contributed by atoms with Gasteiger partial charge in [0.2, 0.25) is 0 Å². The summed E-state index contributed by atoms with van der Waals surface area (Å²) in [6, 6.07) is 7.98. The van der Waals surface area contributed by atoms with Gasteiger partial charge in [0, 0.05) is 10.6 Å². The van der Waals surface area contributed by atoms with E-state index in [0.717, 1.165) is 34.9 Å². The molecule has 1 fully saturated rings. The Labute approximate surface area is 121 Å². The molecule has 0 saturated heterocycles. The topological polar surface area (TPSA) is 57.5 Å². The summed E-state index contributed by atoms with van der Waals surface area (Å²) in [6.45, 7) is 0. The van der Waals surface area contributed by atoms with E-state index in [1.165, 1.54) is 0 Å². The fraction of sp³-hybridized carbons (Fsp3) is 0.438. The smallest absolute Gasteiger partial charge is 0.306 e. The monoisotopic (exact) mass is 290 g/mol. The minimum Gasteiger partial charge on any atom is -0.481 e. The van der Waals surface area contributed by atoms with E-state index in [1.807, 2.05) is 29.6 Å². The van der Waals surface area contributed by atoms with Gasteiger partial charge in [-0.1, -0.05) is 31.0 Å². The lowest BCUT2D eigenvalue weighted by Gasteiger charge is -2.32. The Hall–Kier alpha value is -1.39. The fourth-order valence-electron chi connectivity index (χ4n) is 3.30. The van der Waals surface area contributed by atoms with Crippen LogP contribution in [0.15, 0.2) is 29.6 Å². The second kappa shape index (κ2) is 5.54. The van der Waals surface area contributed by atoms with E-state index in [2.05, 4.69) is 0 Å². The van der Waals surface area contributed by atoms with Gasteiger partial charge in [0.15, 0.2) is 0 Å². The van der Waals surface area contributed by atoms with E-state index in [-0.39, 0.29) is 5.92 Å². The first-order chi connectivity index (χ1) is 9.68. The molecule has 2 aromatic rings. The first kappa shape index (κ1) is 13.6. The van der Waals surface area contributed by atoms with Gasteiger partial charge in [-0.2, -0.15) is 0 Å². The molecular formula is C16H18O3S. The van der Waals surface area contributed by atoms with Gasteiger partial charge in [-0.25, -0.2) is 0 Å². The maximum atomic E-state index is 11.4. The third-order valence-electron chi connectivity index (χ3n) is 4.37. The SMILES string of the molecule is O=C(O)C1CCCCC1C(O)c1csc2ccccc12. The largest absolute Gasteiger partial charge is 0.481 e.